The third kappa shape index (κ3) is 7.68. The summed E-state index contributed by atoms with van der Waals surface area (Å²) in [6.07, 6.45) is 1.14. The Balaban J connectivity index is 3.99. The van der Waals surface area contributed by atoms with Gasteiger partial charge in [0.05, 0.1) is 6.61 Å². The zero-order valence-electron chi connectivity index (χ0n) is 10.2. The quantitative estimate of drug-likeness (QED) is 0.514. The predicted molar refractivity (Wildman–Crippen MR) is 66.3 cm³/mol. The van der Waals surface area contributed by atoms with E-state index in [0.717, 1.165) is 17.9 Å². The van der Waals surface area contributed by atoms with Crippen LogP contribution >= 0.6 is 11.8 Å². The zero-order chi connectivity index (χ0) is 11.7. The average molecular weight is 233 g/mol. The van der Waals surface area contributed by atoms with Gasteiger partial charge in [-0.3, -0.25) is 4.79 Å². The monoisotopic (exact) mass is 233 g/mol. The Hall–Kier alpha value is -0.220. The topological polar surface area (TPSA) is 38.3 Å². The SMILES string of the molecule is CCCSCC(NC(C)C)C(=O)OCC. The van der Waals surface area contributed by atoms with Crippen LogP contribution < -0.4 is 5.32 Å². The fourth-order valence-corrected chi connectivity index (χ4v) is 2.10. The second-order valence-corrected chi connectivity index (χ2v) is 4.85. The Bertz CT molecular complexity index is 174. The number of nitrogens with one attached hydrogen (secondary N) is 1. The molecule has 0 amide bonds. The molecule has 0 saturated heterocycles. The maximum Gasteiger partial charge on any atom is 0.323 e. The molecule has 0 fully saturated rings. The second kappa shape index (κ2) is 9.04. The molecule has 15 heavy (non-hydrogen) atoms. The van der Waals surface area contributed by atoms with Gasteiger partial charge in [-0.15, -0.1) is 0 Å². The van der Waals surface area contributed by atoms with Gasteiger partial charge in [-0.25, -0.2) is 0 Å². The van der Waals surface area contributed by atoms with E-state index < -0.39 is 0 Å². The molecule has 4 heteroatoms. The van der Waals surface area contributed by atoms with Crippen LogP contribution in [-0.2, 0) is 9.53 Å². The molecule has 3 nitrogen and oxygen atoms in total. The minimum atomic E-state index is -0.165. The molecule has 0 aliphatic rings. The first-order valence-corrected chi connectivity index (χ1v) is 6.77. The van der Waals surface area contributed by atoms with E-state index in [1.165, 1.54) is 0 Å². The molecule has 1 unspecified atom stereocenters. The van der Waals surface area contributed by atoms with Crippen molar-refractivity contribution in [3.63, 3.8) is 0 Å². The number of thioether (sulfide) groups is 1. The Kier molecular flexibility index (Phi) is 8.91. The fraction of sp³-hybridized carbons (Fsp3) is 0.909. The third-order valence-electron chi connectivity index (χ3n) is 1.74. The molecule has 0 saturated carbocycles. The lowest BCUT2D eigenvalue weighted by Crippen LogP contribution is -2.43. The minimum Gasteiger partial charge on any atom is -0.465 e. The Labute approximate surface area is 97.3 Å². The first-order valence-electron chi connectivity index (χ1n) is 5.62. The number of hydrogen-bond donors (Lipinski definition) is 1. The van der Waals surface area contributed by atoms with Crippen molar-refractivity contribution in [2.45, 2.75) is 46.2 Å². The van der Waals surface area contributed by atoms with Crippen LogP contribution in [0.4, 0.5) is 0 Å². The number of ether oxygens (including phenoxy) is 1. The Morgan fingerprint density at radius 3 is 2.53 bits per heavy atom. The van der Waals surface area contributed by atoms with E-state index in [-0.39, 0.29) is 12.0 Å². The lowest BCUT2D eigenvalue weighted by atomic mass is 10.3. The highest BCUT2D eigenvalue weighted by atomic mass is 32.2. The molecule has 0 aromatic heterocycles. The summed E-state index contributed by atoms with van der Waals surface area (Å²) in [4.78, 5) is 11.6. The van der Waals surface area contributed by atoms with Gasteiger partial charge in [0.15, 0.2) is 0 Å². The maximum atomic E-state index is 11.6. The molecule has 0 spiro atoms. The molecule has 0 rings (SSSR count). The molecular weight excluding hydrogens is 210 g/mol. The van der Waals surface area contributed by atoms with Crippen molar-refractivity contribution < 1.29 is 9.53 Å². The van der Waals surface area contributed by atoms with Crippen molar-refractivity contribution in [1.82, 2.24) is 5.32 Å². The summed E-state index contributed by atoms with van der Waals surface area (Å²) in [6, 6.07) is 0.142. The molecule has 90 valence electrons. The van der Waals surface area contributed by atoms with E-state index in [2.05, 4.69) is 12.2 Å². The number of esters is 1. The largest absolute Gasteiger partial charge is 0.465 e. The highest BCUT2D eigenvalue weighted by Crippen LogP contribution is 2.06. The summed E-state index contributed by atoms with van der Waals surface area (Å²) in [6.45, 7) is 8.51. The van der Waals surface area contributed by atoms with Crippen molar-refractivity contribution in [2.75, 3.05) is 18.1 Å². The predicted octanol–water partition coefficient (Wildman–Crippen LogP) is 2.06. The second-order valence-electron chi connectivity index (χ2n) is 3.70. The Morgan fingerprint density at radius 1 is 1.40 bits per heavy atom. The summed E-state index contributed by atoms with van der Waals surface area (Å²) < 4.78 is 5.02. The summed E-state index contributed by atoms with van der Waals surface area (Å²) in [5.41, 5.74) is 0. The van der Waals surface area contributed by atoms with Gasteiger partial charge in [0.25, 0.3) is 0 Å². The first-order chi connectivity index (χ1) is 7.11. The molecular formula is C11H23NO2S. The summed E-state index contributed by atoms with van der Waals surface area (Å²) in [7, 11) is 0. The standard InChI is InChI=1S/C11H23NO2S/c1-5-7-15-8-10(12-9(3)4)11(13)14-6-2/h9-10,12H,5-8H2,1-4H3. The van der Waals surface area contributed by atoms with Gasteiger partial charge in [-0.2, -0.15) is 11.8 Å². The van der Waals surface area contributed by atoms with Gasteiger partial charge in [0.2, 0.25) is 0 Å². The minimum absolute atomic E-state index is 0.130. The number of hydrogen-bond acceptors (Lipinski definition) is 4. The normalized spacial score (nSPS) is 12.9. The lowest BCUT2D eigenvalue weighted by molar-refractivity contribution is -0.145. The molecule has 0 aromatic carbocycles. The molecule has 0 bridgehead atoms. The van der Waals surface area contributed by atoms with Gasteiger partial charge in [0, 0.05) is 11.8 Å². The highest BCUT2D eigenvalue weighted by Gasteiger charge is 2.19. The molecule has 0 aliphatic carbocycles. The fourth-order valence-electron chi connectivity index (χ4n) is 1.17. The van der Waals surface area contributed by atoms with Crippen LogP contribution in [-0.4, -0.2) is 36.2 Å². The van der Waals surface area contributed by atoms with Crippen molar-refractivity contribution in [3.05, 3.63) is 0 Å². The van der Waals surface area contributed by atoms with Crippen LogP contribution in [0.5, 0.6) is 0 Å². The van der Waals surface area contributed by atoms with Gasteiger partial charge in [-0.05, 0) is 19.1 Å². The van der Waals surface area contributed by atoms with Crippen molar-refractivity contribution in [3.8, 4) is 0 Å². The lowest BCUT2D eigenvalue weighted by Gasteiger charge is -2.19. The van der Waals surface area contributed by atoms with Crippen LogP contribution in [0.2, 0.25) is 0 Å². The summed E-state index contributed by atoms with van der Waals surface area (Å²) in [5.74, 6) is 1.76. The van der Waals surface area contributed by atoms with E-state index in [1.807, 2.05) is 20.8 Å². The van der Waals surface area contributed by atoms with Crippen LogP contribution in [0, 0.1) is 0 Å². The molecule has 0 aliphatic heterocycles. The van der Waals surface area contributed by atoms with Crippen LogP contribution in [0.15, 0.2) is 0 Å². The van der Waals surface area contributed by atoms with Crippen LogP contribution in [0.3, 0.4) is 0 Å². The van der Waals surface area contributed by atoms with E-state index in [0.29, 0.717) is 12.6 Å². The van der Waals surface area contributed by atoms with Crippen molar-refractivity contribution >= 4 is 17.7 Å². The highest BCUT2D eigenvalue weighted by molar-refractivity contribution is 7.99. The number of carbonyl (C=O) groups excluding carboxylic acids is 1. The van der Waals surface area contributed by atoms with E-state index in [4.69, 9.17) is 4.74 Å². The van der Waals surface area contributed by atoms with Crippen LogP contribution in [0.25, 0.3) is 0 Å². The molecule has 0 heterocycles. The van der Waals surface area contributed by atoms with Gasteiger partial charge in [0.1, 0.15) is 6.04 Å². The smallest absolute Gasteiger partial charge is 0.323 e. The third-order valence-corrected chi connectivity index (χ3v) is 3.00. The summed E-state index contributed by atoms with van der Waals surface area (Å²) in [5, 5.41) is 3.23. The van der Waals surface area contributed by atoms with Crippen molar-refractivity contribution in [1.29, 1.82) is 0 Å². The molecule has 0 aromatic rings. The maximum absolute atomic E-state index is 11.6. The Morgan fingerprint density at radius 2 is 2.07 bits per heavy atom. The van der Waals surface area contributed by atoms with Gasteiger partial charge in [-0.1, -0.05) is 20.8 Å². The molecule has 1 atom stereocenters. The summed E-state index contributed by atoms with van der Waals surface area (Å²) >= 11 is 1.79. The van der Waals surface area contributed by atoms with Crippen molar-refractivity contribution in [2.24, 2.45) is 0 Å². The van der Waals surface area contributed by atoms with Gasteiger partial charge < -0.3 is 10.1 Å². The van der Waals surface area contributed by atoms with E-state index in [9.17, 15) is 4.79 Å². The average Bonchev–Trinajstić information content (AvgIpc) is 2.16. The molecule has 0 radical (unpaired) electrons. The van der Waals surface area contributed by atoms with Crippen LogP contribution in [0.1, 0.15) is 34.1 Å². The van der Waals surface area contributed by atoms with E-state index >= 15 is 0 Å². The zero-order valence-corrected chi connectivity index (χ0v) is 11.0. The number of carbonyl (C=O) groups is 1. The van der Waals surface area contributed by atoms with E-state index in [1.54, 1.807) is 11.8 Å². The number of rotatable bonds is 8. The molecule has 1 N–H and O–H groups in total. The first kappa shape index (κ1) is 14.8. The van der Waals surface area contributed by atoms with Gasteiger partial charge >= 0.3 is 5.97 Å².